The molecule has 2 heterocycles. The van der Waals surface area contributed by atoms with Gasteiger partial charge in [0.2, 0.25) is 5.91 Å². The Kier molecular flexibility index (Phi) is 3.75. The van der Waals surface area contributed by atoms with E-state index in [1.54, 1.807) is 0 Å². The van der Waals surface area contributed by atoms with Gasteiger partial charge in [0.1, 0.15) is 5.52 Å². The fourth-order valence-corrected chi connectivity index (χ4v) is 7.07. The van der Waals surface area contributed by atoms with E-state index in [0.29, 0.717) is 18.5 Å². The zero-order valence-corrected chi connectivity index (χ0v) is 16.4. The Morgan fingerprint density at radius 3 is 2.57 bits per heavy atom. The highest BCUT2D eigenvalue weighted by molar-refractivity contribution is 5.83. The van der Waals surface area contributed by atoms with E-state index in [1.165, 1.54) is 19.3 Å². The molecule has 0 spiro atoms. The molecule has 1 aromatic carbocycles. The second kappa shape index (κ2) is 6.23. The number of fused-ring (bicyclic) bond motifs is 1. The number of amides is 1. The van der Waals surface area contributed by atoms with E-state index in [0.717, 1.165) is 67.5 Å². The van der Waals surface area contributed by atoms with Crippen molar-refractivity contribution in [2.75, 3.05) is 18.0 Å². The van der Waals surface area contributed by atoms with Gasteiger partial charge in [0.05, 0.1) is 6.04 Å². The van der Waals surface area contributed by atoms with Gasteiger partial charge in [-0.05, 0) is 81.3 Å². The van der Waals surface area contributed by atoms with Gasteiger partial charge in [0.25, 0.3) is 6.01 Å². The van der Waals surface area contributed by atoms with Gasteiger partial charge in [-0.2, -0.15) is 4.98 Å². The number of rotatable bonds is 4. The van der Waals surface area contributed by atoms with Gasteiger partial charge in [-0.15, -0.1) is 0 Å². The molecule has 1 atom stereocenters. The normalized spacial score (nSPS) is 36.4. The predicted octanol–water partition coefficient (Wildman–Crippen LogP) is 4.13. The summed E-state index contributed by atoms with van der Waals surface area (Å²) >= 11 is 0. The molecule has 1 unspecified atom stereocenters. The van der Waals surface area contributed by atoms with Crippen molar-refractivity contribution >= 4 is 23.0 Å². The van der Waals surface area contributed by atoms with E-state index in [2.05, 4.69) is 15.2 Å². The number of oxazole rings is 1. The number of hydrogen-bond acceptors (Lipinski definition) is 4. The summed E-state index contributed by atoms with van der Waals surface area (Å²) in [6, 6.07) is 8.90. The van der Waals surface area contributed by atoms with Crippen molar-refractivity contribution in [3.8, 4) is 0 Å². The number of benzene rings is 1. The maximum absolute atomic E-state index is 13.3. The molecule has 5 fully saturated rings. The summed E-state index contributed by atoms with van der Waals surface area (Å²) in [5.74, 6) is 2.75. The molecule has 1 N–H and O–H groups in total. The molecule has 28 heavy (non-hydrogen) atoms. The van der Waals surface area contributed by atoms with Crippen LogP contribution in [0.5, 0.6) is 0 Å². The van der Waals surface area contributed by atoms with E-state index in [9.17, 15) is 4.79 Å². The van der Waals surface area contributed by atoms with Crippen LogP contribution in [0.3, 0.4) is 0 Å². The zero-order chi connectivity index (χ0) is 18.7. The van der Waals surface area contributed by atoms with Crippen molar-refractivity contribution < 1.29 is 9.21 Å². The fourth-order valence-electron chi connectivity index (χ4n) is 7.07. The maximum atomic E-state index is 13.3. The predicted molar refractivity (Wildman–Crippen MR) is 108 cm³/mol. The molecule has 5 nitrogen and oxygen atoms in total. The van der Waals surface area contributed by atoms with Crippen LogP contribution in [0.4, 0.5) is 6.01 Å². The van der Waals surface area contributed by atoms with Crippen LogP contribution in [-0.2, 0) is 4.79 Å². The molecule has 2 aromatic rings. The highest BCUT2D eigenvalue weighted by atomic mass is 16.4. The molecule has 4 bridgehead atoms. The molecular formula is C23H29N3O2. The molecule has 4 aliphatic carbocycles. The van der Waals surface area contributed by atoms with E-state index in [1.807, 2.05) is 24.3 Å². The zero-order valence-electron chi connectivity index (χ0n) is 16.4. The standard InChI is InChI=1S/C23H29N3O2/c27-21(23-11-15-8-16(12-23)10-17(9-15)13-23)24-14-18-4-3-7-26(18)22-25-19-5-1-2-6-20(19)28-22/h1-2,5-6,15-18H,3-4,7-14H2,(H,24,27). The molecule has 7 rings (SSSR count). The highest BCUT2D eigenvalue weighted by Gasteiger charge is 2.54. The fraction of sp³-hybridized carbons (Fsp3) is 0.652. The molecular weight excluding hydrogens is 350 g/mol. The number of nitrogens with zero attached hydrogens (tertiary/aromatic N) is 2. The van der Waals surface area contributed by atoms with Crippen molar-refractivity contribution in [3.05, 3.63) is 24.3 Å². The number of anilines is 1. The summed E-state index contributed by atoms with van der Waals surface area (Å²) in [5.41, 5.74) is 1.68. The second-order valence-electron chi connectivity index (χ2n) is 9.86. The number of carbonyl (C=O) groups is 1. The Labute approximate surface area is 165 Å². The number of carbonyl (C=O) groups excluding carboxylic acids is 1. The van der Waals surface area contributed by atoms with Crippen LogP contribution in [-0.4, -0.2) is 30.0 Å². The topological polar surface area (TPSA) is 58.4 Å². The van der Waals surface area contributed by atoms with Gasteiger partial charge in [-0.3, -0.25) is 4.79 Å². The van der Waals surface area contributed by atoms with Crippen molar-refractivity contribution in [1.29, 1.82) is 0 Å². The number of nitrogens with one attached hydrogen (secondary N) is 1. The van der Waals surface area contributed by atoms with Crippen molar-refractivity contribution in [1.82, 2.24) is 10.3 Å². The summed E-state index contributed by atoms with van der Waals surface area (Å²) in [6.45, 7) is 1.66. The number of hydrogen-bond donors (Lipinski definition) is 1. The third-order valence-electron chi connectivity index (χ3n) is 7.92. The summed E-state index contributed by atoms with van der Waals surface area (Å²) in [4.78, 5) is 20.2. The van der Waals surface area contributed by atoms with E-state index in [-0.39, 0.29) is 11.5 Å². The lowest BCUT2D eigenvalue weighted by Crippen LogP contribution is -2.55. The van der Waals surface area contributed by atoms with Crippen LogP contribution in [0.25, 0.3) is 11.1 Å². The van der Waals surface area contributed by atoms with Crippen LogP contribution in [0.1, 0.15) is 51.4 Å². The lowest BCUT2D eigenvalue weighted by molar-refractivity contribution is -0.146. The number of para-hydroxylation sites is 2. The lowest BCUT2D eigenvalue weighted by atomic mass is 9.49. The van der Waals surface area contributed by atoms with Crippen molar-refractivity contribution in [3.63, 3.8) is 0 Å². The molecule has 0 radical (unpaired) electrons. The molecule has 5 aliphatic rings. The quantitative estimate of drug-likeness (QED) is 0.868. The Morgan fingerprint density at radius 2 is 1.86 bits per heavy atom. The Balaban J connectivity index is 1.15. The van der Waals surface area contributed by atoms with Crippen LogP contribution in [0.2, 0.25) is 0 Å². The Bertz CT molecular complexity index is 836. The van der Waals surface area contributed by atoms with E-state index in [4.69, 9.17) is 4.42 Å². The van der Waals surface area contributed by atoms with Crippen molar-refractivity contribution in [2.24, 2.45) is 23.2 Å². The summed E-state index contributed by atoms with van der Waals surface area (Å²) in [7, 11) is 0. The average molecular weight is 380 g/mol. The minimum Gasteiger partial charge on any atom is -0.423 e. The first-order valence-corrected chi connectivity index (χ1v) is 11.1. The van der Waals surface area contributed by atoms with Gasteiger partial charge in [0.15, 0.2) is 5.58 Å². The molecule has 1 saturated heterocycles. The summed E-state index contributed by atoms with van der Waals surface area (Å²) in [6.07, 6.45) is 9.72. The summed E-state index contributed by atoms with van der Waals surface area (Å²) in [5, 5.41) is 3.37. The van der Waals surface area contributed by atoms with Gasteiger partial charge in [-0.1, -0.05) is 12.1 Å². The van der Waals surface area contributed by atoms with Gasteiger partial charge < -0.3 is 14.6 Å². The maximum Gasteiger partial charge on any atom is 0.298 e. The van der Waals surface area contributed by atoms with Gasteiger partial charge >= 0.3 is 0 Å². The van der Waals surface area contributed by atoms with E-state index < -0.39 is 0 Å². The van der Waals surface area contributed by atoms with Gasteiger partial charge in [0, 0.05) is 18.5 Å². The largest absolute Gasteiger partial charge is 0.423 e. The second-order valence-corrected chi connectivity index (χ2v) is 9.86. The third kappa shape index (κ3) is 2.66. The van der Waals surface area contributed by atoms with Crippen molar-refractivity contribution in [2.45, 2.75) is 57.4 Å². The Morgan fingerprint density at radius 1 is 1.14 bits per heavy atom. The third-order valence-corrected chi connectivity index (χ3v) is 7.92. The van der Waals surface area contributed by atoms with Crippen LogP contribution >= 0.6 is 0 Å². The summed E-state index contributed by atoms with van der Waals surface area (Å²) < 4.78 is 5.99. The first kappa shape index (κ1) is 16.9. The highest BCUT2D eigenvalue weighted by Crippen LogP contribution is 2.60. The lowest BCUT2D eigenvalue weighted by Gasteiger charge is -2.55. The van der Waals surface area contributed by atoms with Crippen LogP contribution in [0, 0.1) is 23.2 Å². The average Bonchev–Trinajstić information content (AvgIpc) is 3.31. The first-order chi connectivity index (χ1) is 13.7. The molecule has 148 valence electrons. The van der Waals surface area contributed by atoms with Gasteiger partial charge in [-0.25, -0.2) is 0 Å². The minimum absolute atomic E-state index is 0.0597. The Hall–Kier alpha value is -2.04. The minimum atomic E-state index is -0.0597. The van der Waals surface area contributed by atoms with Crippen LogP contribution < -0.4 is 10.2 Å². The molecule has 1 aliphatic heterocycles. The van der Waals surface area contributed by atoms with Crippen LogP contribution in [0.15, 0.2) is 28.7 Å². The smallest absolute Gasteiger partial charge is 0.298 e. The molecule has 1 amide bonds. The molecule has 4 saturated carbocycles. The molecule has 5 heteroatoms. The first-order valence-electron chi connectivity index (χ1n) is 11.1. The monoisotopic (exact) mass is 379 g/mol. The van der Waals surface area contributed by atoms with E-state index >= 15 is 0 Å². The number of aromatic nitrogens is 1. The molecule has 1 aromatic heterocycles. The SMILES string of the molecule is O=C(NCC1CCCN1c1nc2ccccc2o1)C12CC3CC(CC(C3)C1)C2.